The standard InChI is InChI=1S/C10H7F3O2.ClH/c1-2-9(14)7-3-5-8(6-4-7)15-10(11,12)13;/h2-6H,1H2;1H. The molecule has 0 amide bonds. The van der Waals surface area contributed by atoms with Crippen molar-refractivity contribution >= 4 is 18.2 Å². The summed E-state index contributed by atoms with van der Waals surface area (Å²) in [5.41, 5.74) is 0.263. The summed E-state index contributed by atoms with van der Waals surface area (Å²) in [6.07, 6.45) is -3.64. The van der Waals surface area contributed by atoms with E-state index in [0.717, 1.165) is 18.2 Å². The van der Waals surface area contributed by atoms with Gasteiger partial charge in [0.2, 0.25) is 0 Å². The average molecular weight is 253 g/mol. The van der Waals surface area contributed by atoms with Gasteiger partial charge in [-0.3, -0.25) is 4.79 Å². The van der Waals surface area contributed by atoms with Crippen molar-refractivity contribution in [3.8, 4) is 5.75 Å². The summed E-state index contributed by atoms with van der Waals surface area (Å²) in [6, 6.07) is 4.63. The van der Waals surface area contributed by atoms with Gasteiger partial charge in [-0.1, -0.05) is 6.58 Å². The normalized spacial score (nSPS) is 10.2. The molecule has 6 heteroatoms. The van der Waals surface area contributed by atoms with Crippen LogP contribution in [0.2, 0.25) is 0 Å². The lowest BCUT2D eigenvalue weighted by molar-refractivity contribution is -0.274. The molecule has 0 aliphatic carbocycles. The van der Waals surface area contributed by atoms with Gasteiger partial charge in [0.05, 0.1) is 0 Å². The van der Waals surface area contributed by atoms with Crippen LogP contribution in [0.4, 0.5) is 13.2 Å². The Morgan fingerprint density at radius 1 is 1.25 bits per heavy atom. The Balaban J connectivity index is 0.00000225. The number of alkyl halides is 3. The number of hydrogen-bond donors (Lipinski definition) is 0. The molecule has 0 N–H and O–H groups in total. The molecule has 0 spiro atoms. The van der Waals surface area contributed by atoms with Crippen molar-refractivity contribution in [2.45, 2.75) is 6.36 Å². The van der Waals surface area contributed by atoms with Crippen molar-refractivity contribution in [3.05, 3.63) is 42.5 Å². The second kappa shape index (κ2) is 5.55. The second-order valence-electron chi connectivity index (χ2n) is 2.64. The number of ether oxygens (including phenoxy) is 1. The first-order valence-corrected chi connectivity index (χ1v) is 3.95. The fourth-order valence-electron chi connectivity index (χ4n) is 0.939. The first kappa shape index (κ1) is 14.5. The van der Waals surface area contributed by atoms with E-state index in [2.05, 4.69) is 11.3 Å². The van der Waals surface area contributed by atoms with Crippen molar-refractivity contribution in [2.75, 3.05) is 0 Å². The summed E-state index contributed by atoms with van der Waals surface area (Å²) < 4.78 is 38.9. The molecule has 0 aliphatic rings. The molecule has 0 bridgehead atoms. The number of halogens is 4. The molecule has 0 saturated heterocycles. The molecular weight excluding hydrogens is 245 g/mol. The van der Waals surface area contributed by atoms with Crippen LogP contribution in [0.3, 0.4) is 0 Å². The third-order valence-electron chi connectivity index (χ3n) is 1.56. The van der Waals surface area contributed by atoms with Crippen LogP contribution in [0.25, 0.3) is 0 Å². The molecule has 0 radical (unpaired) electrons. The van der Waals surface area contributed by atoms with Gasteiger partial charge < -0.3 is 4.74 Å². The monoisotopic (exact) mass is 252 g/mol. The lowest BCUT2D eigenvalue weighted by Gasteiger charge is -2.08. The predicted molar refractivity (Wildman–Crippen MR) is 54.9 cm³/mol. The van der Waals surface area contributed by atoms with Crippen LogP contribution in [0.1, 0.15) is 10.4 Å². The van der Waals surface area contributed by atoms with E-state index in [-0.39, 0.29) is 29.5 Å². The molecule has 1 aromatic carbocycles. The van der Waals surface area contributed by atoms with Crippen LogP contribution < -0.4 is 4.74 Å². The number of allylic oxidation sites excluding steroid dienone is 1. The molecule has 0 aliphatic heterocycles. The van der Waals surface area contributed by atoms with E-state index < -0.39 is 6.36 Å². The second-order valence-corrected chi connectivity index (χ2v) is 2.64. The largest absolute Gasteiger partial charge is 0.573 e. The first-order chi connectivity index (χ1) is 6.92. The predicted octanol–water partition coefficient (Wildman–Crippen LogP) is 3.38. The van der Waals surface area contributed by atoms with Crippen LogP contribution in [0.15, 0.2) is 36.9 Å². The van der Waals surface area contributed by atoms with Crippen molar-refractivity contribution in [1.82, 2.24) is 0 Å². The lowest BCUT2D eigenvalue weighted by Crippen LogP contribution is -2.17. The number of ketones is 1. The van der Waals surface area contributed by atoms with Crippen molar-refractivity contribution < 1.29 is 22.7 Å². The minimum Gasteiger partial charge on any atom is -0.406 e. The van der Waals surface area contributed by atoms with Gasteiger partial charge in [-0.15, -0.1) is 25.6 Å². The molecule has 0 fully saturated rings. The van der Waals surface area contributed by atoms with Crippen molar-refractivity contribution in [2.24, 2.45) is 0 Å². The fourth-order valence-corrected chi connectivity index (χ4v) is 0.939. The zero-order chi connectivity index (χ0) is 11.5. The van der Waals surface area contributed by atoms with Crippen molar-refractivity contribution in [1.29, 1.82) is 0 Å². The van der Waals surface area contributed by atoms with Crippen LogP contribution >= 0.6 is 12.4 Å². The molecule has 2 nitrogen and oxygen atoms in total. The highest BCUT2D eigenvalue weighted by molar-refractivity contribution is 6.04. The Hall–Kier alpha value is -1.49. The summed E-state index contributed by atoms with van der Waals surface area (Å²) in [5, 5.41) is 0. The summed E-state index contributed by atoms with van der Waals surface area (Å²) >= 11 is 0. The summed E-state index contributed by atoms with van der Waals surface area (Å²) in [6.45, 7) is 3.26. The van der Waals surface area contributed by atoms with Gasteiger partial charge in [0.25, 0.3) is 0 Å². The van der Waals surface area contributed by atoms with E-state index in [1.165, 1.54) is 12.1 Å². The molecule has 0 unspecified atom stereocenters. The van der Waals surface area contributed by atoms with E-state index in [1.807, 2.05) is 0 Å². The zero-order valence-corrected chi connectivity index (χ0v) is 8.77. The maximum atomic E-state index is 11.8. The minimum absolute atomic E-state index is 0. The lowest BCUT2D eigenvalue weighted by atomic mass is 10.1. The summed E-state index contributed by atoms with van der Waals surface area (Å²) in [5.74, 6) is -0.711. The Bertz CT molecular complexity index is 371. The minimum atomic E-state index is -4.72. The molecule has 1 aromatic rings. The van der Waals surface area contributed by atoms with Gasteiger partial charge in [0.15, 0.2) is 5.78 Å². The highest BCUT2D eigenvalue weighted by Gasteiger charge is 2.30. The topological polar surface area (TPSA) is 26.3 Å². The number of rotatable bonds is 3. The van der Waals surface area contributed by atoms with E-state index in [9.17, 15) is 18.0 Å². The molecule has 0 atom stereocenters. The molecule has 16 heavy (non-hydrogen) atoms. The van der Waals surface area contributed by atoms with Gasteiger partial charge in [0, 0.05) is 5.56 Å². The third-order valence-corrected chi connectivity index (χ3v) is 1.56. The van der Waals surface area contributed by atoms with Gasteiger partial charge >= 0.3 is 6.36 Å². The highest BCUT2D eigenvalue weighted by Crippen LogP contribution is 2.22. The number of carbonyl (C=O) groups is 1. The number of carbonyl (C=O) groups excluding carboxylic acids is 1. The molecular formula is C10H8ClF3O2. The summed E-state index contributed by atoms with van der Waals surface area (Å²) in [4.78, 5) is 11.0. The summed E-state index contributed by atoms with van der Waals surface area (Å²) in [7, 11) is 0. The number of hydrogen-bond acceptors (Lipinski definition) is 2. The van der Waals surface area contributed by atoms with E-state index in [4.69, 9.17) is 0 Å². The van der Waals surface area contributed by atoms with Crippen LogP contribution in [0, 0.1) is 0 Å². The Labute approximate surface area is 96.1 Å². The number of benzene rings is 1. The molecule has 0 aromatic heterocycles. The third kappa shape index (κ3) is 4.35. The maximum Gasteiger partial charge on any atom is 0.573 e. The van der Waals surface area contributed by atoms with Crippen LogP contribution in [-0.2, 0) is 0 Å². The van der Waals surface area contributed by atoms with Gasteiger partial charge in [-0.05, 0) is 30.3 Å². The van der Waals surface area contributed by atoms with Crippen LogP contribution in [0.5, 0.6) is 5.75 Å². The van der Waals surface area contributed by atoms with E-state index in [1.54, 1.807) is 0 Å². The molecule has 0 saturated carbocycles. The smallest absolute Gasteiger partial charge is 0.406 e. The maximum absolute atomic E-state index is 11.8. The van der Waals surface area contributed by atoms with Crippen molar-refractivity contribution in [3.63, 3.8) is 0 Å². The highest BCUT2D eigenvalue weighted by atomic mass is 35.5. The molecule has 1 rings (SSSR count). The fraction of sp³-hybridized carbons (Fsp3) is 0.100. The quantitative estimate of drug-likeness (QED) is 0.609. The Kier molecular flexibility index (Phi) is 5.04. The first-order valence-electron chi connectivity index (χ1n) is 3.95. The SMILES string of the molecule is C=CC(=O)c1ccc(OC(F)(F)F)cc1.Cl. The van der Waals surface area contributed by atoms with E-state index >= 15 is 0 Å². The van der Waals surface area contributed by atoms with E-state index in [0.29, 0.717) is 0 Å². The Morgan fingerprint density at radius 2 is 1.75 bits per heavy atom. The Morgan fingerprint density at radius 3 is 2.12 bits per heavy atom. The molecule has 0 heterocycles. The van der Waals surface area contributed by atoms with Crippen LogP contribution in [-0.4, -0.2) is 12.1 Å². The van der Waals surface area contributed by atoms with Gasteiger partial charge in [-0.2, -0.15) is 0 Å². The van der Waals surface area contributed by atoms with Gasteiger partial charge in [-0.25, -0.2) is 0 Å². The molecule has 88 valence electrons. The zero-order valence-electron chi connectivity index (χ0n) is 7.95. The average Bonchev–Trinajstić information content (AvgIpc) is 2.15. The van der Waals surface area contributed by atoms with Gasteiger partial charge in [0.1, 0.15) is 5.75 Å².